The highest BCUT2D eigenvalue weighted by molar-refractivity contribution is 5.71. The zero-order valence-electron chi connectivity index (χ0n) is 47.4. The second-order valence-electron chi connectivity index (χ2n) is 19.5. The Bertz CT molecular complexity index is 1540. The zero-order chi connectivity index (χ0) is 52.9. The van der Waals surface area contributed by atoms with Crippen LogP contribution < -0.4 is 0 Å². The first kappa shape index (κ1) is 68.8. The van der Waals surface area contributed by atoms with Crippen LogP contribution in [0.15, 0.2) is 122 Å². The minimum atomic E-state index is -0.796. The molecule has 1 unspecified atom stereocenters. The molecule has 0 bridgehead atoms. The minimum Gasteiger partial charge on any atom is -0.462 e. The van der Waals surface area contributed by atoms with E-state index < -0.39 is 6.10 Å². The molecule has 0 aliphatic carbocycles. The Kier molecular flexibility index (Phi) is 56.9. The van der Waals surface area contributed by atoms with Gasteiger partial charge in [0.15, 0.2) is 6.10 Å². The average Bonchev–Trinajstić information content (AvgIpc) is 3.39. The second-order valence-corrected chi connectivity index (χ2v) is 19.5. The number of rotatable bonds is 53. The molecule has 0 N–H and O–H groups in total. The topological polar surface area (TPSA) is 78.9 Å². The van der Waals surface area contributed by atoms with E-state index in [-0.39, 0.29) is 31.1 Å². The van der Waals surface area contributed by atoms with Crippen molar-refractivity contribution in [2.24, 2.45) is 0 Å². The molecule has 0 heterocycles. The molecule has 0 aromatic heterocycles. The summed E-state index contributed by atoms with van der Waals surface area (Å²) in [5.74, 6) is -0.920. The summed E-state index contributed by atoms with van der Waals surface area (Å²) in [6.45, 7) is 6.38. The molecule has 6 heteroatoms. The van der Waals surface area contributed by atoms with Gasteiger partial charge in [0.1, 0.15) is 13.2 Å². The maximum absolute atomic E-state index is 12.9. The quantitative estimate of drug-likeness (QED) is 0.0261. The summed E-state index contributed by atoms with van der Waals surface area (Å²) >= 11 is 0. The van der Waals surface area contributed by atoms with Crippen molar-refractivity contribution in [2.75, 3.05) is 13.2 Å². The van der Waals surface area contributed by atoms with E-state index in [1.165, 1.54) is 77.0 Å². The molecule has 0 radical (unpaired) electrons. The van der Waals surface area contributed by atoms with E-state index in [0.717, 1.165) is 148 Å². The normalized spacial score (nSPS) is 13.0. The third kappa shape index (κ3) is 58.6. The van der Waals surface area contributed by atoms with Crippen LogP contribution in [0.3, 0.4) is 0 Å². The van der Waals surface area contributed by atoms with Crippen molar-refractivity contribution in [2.45, 2.75) is 271 Å². The standard InChI is InChI=1S/C67H110O6/c1-4-7-10-13-16-19-22-24-26-28-30-32-33-35-36-38-40-42-45-48-51-54-57-60-66(69)72-63-64(62-71-65(68)59-56-53-50-47-44-21-18-15-12-9-6-3)73-67(70)61-58-55-52-49-46-43-41-39-37-34-31-29-27-25-23-20-17-14-11-8-5-2/h7-8,10-11,16-17,19-20,24-27,30-32,34-36,39,41,64H,4-6,9,12-15,18,21-23,28-29,33,37-38,40,42-63H2,1-3H3/b10-7-,11-8-,19-16-,20-17-,26-24-,27-25-,32-30-,34-31-,36-35-,41-39-. The number of esters is 3. The molecule has 0 fully saturated rings. The number of unbranched alkanes of at least 4 members (excludes halogenated alkanes) is 22. The van der Waals surface area contributed by atoms with Crippen molar-refractivity contribution in [1.29, 1.82) is 0 Å². The van der Waals surface area contributed by atoms with E-state index in [2.05, 4.69) is 142 Å². The van der Waals surface area contributed by atoms with Crippen molar-refractivity contribution >= 4 is 17.9 Å². The summed E-state index contributed by atoms with van der Waals surface area (Å²) in [7, 11) is 0. The summed E-state index contributed by atoms with van der Waals surface area (Å²) in [4.78, 5) is 38.2. The Morgan fingerprint density at radius 2 is 0.534 bits per heavy atom. The molecule has 0 aromatic carbocycles. The third-order valence-corrected chi connectivity index (χ3v) is 12.5. The summed E-state index contributed by atoms with van der Waals surface area (Å²) in [6.07, 6.45) is 83.3. The molecule has 0 rings (SSSR count). The fourth-order valence-electron chi connectivity index (χ4n) is 8.03. The van der Waals surface area contributed by atoms with Gasteiger partial charge in [0.2, 0.25) is 0 Å². The van der Waals surface area contributed by atoms with Crippen LogP contribution in [0.1, 0.15) is 265 Å². The molecule has 414 valence electrons. The summed E-state index contributed by atoms with van der Waals surface area (Å²) in [5, 5.41) is 0. The monoisotopic (exact) mass is 1010 g/mol. The zero-order valence-corrected chi connectivity index (χ0v) is 47.4. The smallest absolute Gasteiger partial charge is 0.306 e. The lowest BCUT2D eigenvalue weighted by Crippen LogP contribution is -2.30. The van der Waals surface area contributed by atoms with Gasteiger partial charge in [-0.15, -0.1) is 0 Å². The molecular formula is C67H110O6. The van der Waals surface area contributed by atoms with Gasteiger partial charge in [-0.2, -0.15) is 0 Å². The van der Waals surface area contributed by atoms with E-state index >= 15 is 0 Å². The van der Waals surface area contributed by atoms with E-state index in [0.29, 0.717) is 19.3 Å². The molecule has 0 aliphatic heterocycles. The van der Waals surface area contributed by atoms with E-state index in [1.807, 2.05) is 0 Å². The highest BCUT2D eigenvalue weighted by Gasteiger charge is 2.19. The van der Waals surface area contributed by atoms with Crippen molar-refractivity contribution in [3.8, 4) is 0 Å². The number of allylic oxidation sites excluding steroid dienone is 20. The molecule has 1 atom stereocenters. The third-order valence-electron chi connectivity index (χ3n) is 12.5. The fraction of sp³-hybridized carbons (Fsp3) is 0.657. The Morgan fingerprint density at radius 1 is 0.288 bits per heavy atom. The average molecular weight is 1010 g/mol. The van der Waals surface area contributed by atoms with E-state index in [1.54, 1.807) is 0 Å². The highest BCUT2D eigenvalue weighted by Crippen LogP contribution is 2.15. The molecular weight excluding hydrogens is 901 g/mol. The minimum absolute atomic E-state index is 0.0905. The van der Waals surface area contributed by atoms with Gasteiger partial charge in [-0.25, -0.2) is 0 Å². The molecule has 6 nitrogen and oxygen atoms in total. The van der Waals surface area contributed by atoms with Crippen LogP contribution in [0.4, 0.5) is 0 Å². The van der Waals surface area contributed by atoms with Crippen LogP contribution in [-0.2, 0) is 28.6 Å². The van der Waals surface area contributed by atoms with Crippen LogP contribution in [-0.4, -0.2) is 37.2 Å². The van der Waals surface area contributed by atoms with Gasteiger partial charge in [-0.3, -0.25) is 14.4 Å². The Balaban J connectivity index is 4.40. The van der Waals surface area contributed by atoms with Crippen molar-refractivity contribution in [3.05, 3.63) is 122 Å². The van der Waals surface area contributed by atoms with Crippen molar-refractivity contribution < 1.29 is 28.6 Å². The number of hydrogen-bond acceptors (Lipinski definition) is 6. The van der Waals surface area contributed by atoms with Crippen LogP contribution in [0.25, 0.3) is 0 Å². The number of hydrogen-bond donors (Lipinski definition) is 0. The first-order chi connectivity index (χ1) is 36.0. The number of carbonyl (C=O) groups is 3. The van der Waals surface area contributed by atoms with Crippen LogP contribution in [0.5, 0.6) is 0 Å². The maximum atomic E-state index is 12.9. The predicted molar refractivity (Wildman–Crippen MR) is 316 cm³/mol. The van der Waals surface area contributed by atoms with Crippen LogP contribution >= 0.6 is 0 Å². The van der Waals surface area contributed by atoms with E-state index in [4.69, 9.17) is 14.2 Å². The van der Waals surface area contributed by atoms with Gasteiger partial charge in [0.05, 0.1) is 0 Å². The predicted octanol–water partition coefficient (Wildman–Crippen LogP) is 20.4. The highest BCUT2D eigenvalue weighted by atomic mass is 16.6. The van der Waals surface area contributed by atoms with Crippen LogP contribution in [0.2, 0.25) is 0 Å². The Morgan fingerprint density at radius 3 is 0.836 bits per heavy atom. The Labute approximate surface area is 450 Å². The Hall–Kier alpha value is -4.19. The lowest BCUT2D eigenvalue weighted by Gasteiger charge is -2.18. The molecule has 0 saturated heterocycles. The second kappa shape index (κ2) is 60.4. The van der Waals surface area contributed by atoms with Gasteiger partial charge in [-0.05, 0) is 109 Å². The number of carbonyl (C=O) groups excluding carboxylic acids is 3. The lowest BCUT2D eigenvalue weighted by molar-refractivity contribution is -0.167. The SMILES string of the molecule is CC/C=C\C/C=C\C/C=C\C/C=C\C/C=C\CCCCCCCCCC(=O)OCC(COC(=O)CCCCCCCCCCCCC)OC(=O)CCCCCCC/C=C\C/C=C\C/C=C\C/C=C\C/C=C\CC. The summed E-state index contributed by atoms with van der Waals surface area (Å²) in [6, 6.07) is 0. The van der Waals surface area contributed by atoms with Gasteiger partial charge < -0.3 is 14.2 Å². The largest absolute Gasteiger partial charge is 0.462 e. The van der Waals surface area contributed by atoms with Crippen LogP contribution in [0, 0.1) is 0 Å². The van der Waals surface area contributed by atoms with Gasteiger partial charge in [-0.1, -0.05) is 258 Å². The van der Waals surface area contributed by atoms with Crippen molar-refractivity contribution in [3.63, 3.8) is 0 Å². The molecule has 0 amide bonds. The molecule has 0 saturated carbocycles. The van der Waals surface area contributed by atoms with Gasteiger partial charge >= 0.3 is 17.9 Å². The number of ether oxygens (including phenoxy) is 3. The van der Waals surface area contributed by atoms with Crippen molar-refractivity contribution in [1.82, 2.24) is 0 Å². The van der Waals surface area contributed by atoms with Gasteiger partial charge in [0, 0.05) is 19.3 Å². The molecule has 0 aromatic rings. The molecule has 73 heavy (non-hydrogen) atoms. The summed E-state index contributed by atoms with van der Waals surface area (Å²) in [5.41, 5.74) is 0. The molecule has 0 aliphatic rings. The fourth-order valence-corrected chi connectivity index (χ4v) is 8.03. The maximum Gasteiger partial charge on any atom is 0.306 e. The van der Waals surface area contributed by atoms with Gasteiger partial charge in [0.25, 0.3) is 0 Å². The first-order valence-electron chi connectivity index (χ1n) is 30.0. The van der Waals surface area contributed by atoms with E-state index in [9.17, 15) is 14.4 Å². The first-order valence-corrected chi connectivity index (χ1v) is 30.0. The lowest BCUT2D eigenvalue weighted by atomic mass is 10.1. The summed E-state index contributed by atoms with van der Waals surface area (Å²) < 4.78 is 16.9. The molecule has 0 spiro atoms.